The smallest absolute Gasteiger partial charge is 0.0923 e. The summed E-state index contributed by atoms with van der Waals surface area (Å²) in [5.41, 5.74) is 1.10. The molecule has 0 atom stereocenters. The molecule has 1 N–H and O–H groups in total. The van der Waals surface area contributed by atoms with Gasteiger partial charge in [0.05, 0.1) is 12.0 Å². The van der Waals surface area contributed by atoms with Crippen LogP contribution in [0.25, 0.3) is 0 Å². The quantitative estimate of drug-likeness (QED) is 0.607. The van der Waals surface area contributed by atoms with E-state index in [9.17, 15) is 0 Å². The summed E-state index contributed by atoms with van der Waals surface area (Å²) in [6.07, 6.45) is 5.48. The molecule has 0 aliphatic heterocycles. The van der Waals surface area contributed by atoms with E-state index in [-0.39, 0.29) is 0 Å². The highest BCUT2D eigenvalue weighted by molar-refractivity contribution is 4.93. The normalized spacial score (nSPS) is 9.62. The van der Waals surface area contributed by atoms with Crippen molar-refractivity contribution in [2.45, 2.75) is 12.8 Å². The number of hydrogen-bond acceptors (Lipinski definition) is 1. The lowest BCUT2D eigenvalue weighted by Gasteiger charge is -1.84. The van der Waals surface area contributed by atoms with E-state index < -0.39 is 0 Å². The highest BCUT2D eigenvalue weighted by Crippen LogP contribution is 1.93. The molecule has 0 saturated heterocycles. The van der Waals surface area contributed by atoms with E-state index in [0.29, 0.717) is 0 Å². The first-order chi connectivity index (χ1) is 3.93. The minimum atomic E-state index is 0.921. The lowest BCUT2D eigenvalue weighted by Crippen LogP contribution is -1.79. The number of H-pyrrole nitrogens is 1. The van der Waals surface area contributed by atoms with Crippen molar-refractivity contribution >= 4 is 0 Å². The number of rotatable bonds is 2. The fourth-order valence-electron chi connectivity index (χ4n) is 0.609. The van der Waals surface area contributed by atoms with Crippen LogP contribution in [0.2, 0.25) is 0 Å². The van der Waals surface area contributed by atoms with E-state index in [0.717, 1.165) is 18.5 Å². The number of aromatic nitrogens is 2. The van der Waals surface area contributed by atoms with Crippen LogP contribution >= 0.6 is 0 Å². The monoisotopic (exact) mass is 109 g/mol. The molecule has 1 radical (unpaired) electrons. The maximum Gasteiger partial charge on any atom is 0.0923 e. The van der Waals surface area contributed by atoms with Gasteiger partial charge in [0.15, 0.2) is 0 Å². The molecule has 0 saturated carbocycles. The minimum Gasteiger partial charge on any atom is -0.351 e. The number of aromatic amines is 1. The molecule has 0 amide bonds. The van der Waals surface area contributed by atoms with Gasteiger partial charge in [-0.1, -0.05) is 6.92 Å². The molecule has 0 aliphatic carbocycles. The first-order valence-electron chi connectivity index (χ1n) is 2.70. The number of imidazole rings is 1. The van der Waals surface area contributed by atoms with Crippen LogP contribution in [0.3, 0.4) is 0 Å². The molecule has 43 valence electrons. The van der Waals surface area contributed by atoms with Gasteiger partial charge in [0, 0.05) is 6.20 Å². The molecule has 0 bridgehead atoms. The molecule has 0 fully saturated rings. The van der Waals surface area contributed by atoms with Crippen molar-refractivity contribution in [2.75, 3.05) is 0 Å². The largest absolute Gasteiger partial charge is 0.351 e. The molecule has 1 rings (SSSR count). The van der Waals surface area contributed by atoms with Gasteiger partial charge in [-0.25, -0.2) is 4.98 Å². The highest BCUT2D eigenvalue weighted by atomic mass is 14.9. The highest BCUT2D eigenvalue weighted by Gasteiger charge is 1.87. The number of nitrogens with one attached hydrogen (secondary N) is 1. The zero-order valence-electron chi connectivity index (χ0n) is 4.72. The average Bonchev–Trinajstić information content (AvgIpc) is 2.19. The van der Waals surface area contributed by atoms with Gasteiger partial charge < -0.3 is 4.98 Å². The Bertz CT molecular complexity index is 132. The Morgan fingerprint density at radius 3 is 3.12 bits per heavy atom. The topological polar surface area (TPSA) is 28.7 Å². The molecule has 2 heteroatoms. The maximum atomic E-state index is 4.01. The predicted molar refractivity (Wildman–Crippen MR) is 32.3 cm³/mol. The molecule has 1 heterocycles. The SMILES string of the molecule is [CH2]CCc1c[nH]cn1. The van der Waals surface area contributed by atoms with Crippen LogP contribution < -0.4 is 0 Å². The van der Waals surface area contributed by atoms with Crippen molar-refractivity contribution in [3.8, 4) is 0 Å². The third-order valence-corrected chi connectivity index (χ3v) is 0.988. The Morgan fingerprint density at radius 2 is 2.62 bits per heavy atom. The van der Waals surface area contributed by atoms with E-state index in [2.05, 4.69) is 16.9 Å². The van der Waals surface area contributed by atoms with Crippen LogP contribution in [-0.2, 0) is 6.42 Å². The van der Waals surface area contributed by atoms with Crippen LogP contribution in [0.15, 0.2) is 12.5 Å². The summed E-state index contributed by atoms with van der Waals surface area (Å²) >= 11 is 0. The Balaban J connectivity index is 2.50. The summed E-state index contributed by atoms with van der Waals surface area (Å²) < 4.78 is 0. The second kappa shape index (κ2) is 2.50. The van der Waals surface area contributed by atoms with Crippen molar-refractivity contribution in [3.05, 3.63) is 25.1 Å². The Hall–Kier alpha value is -0.790. The maximum absolute atomic E-state index is 4.01. The molecule has 0 unspecified atom stereocenters. The Kier molecular flexibility index (Phi) is 1.67. The van der Waals surface area contributed by atoms with Crippen LogP contribution in [-0.4, -0.2) is 9.97 Å². The van der Waals surface area contributed by atoms with E-state index in [4.69, 9.17) is 0 Å². The van der Waals surface area contributed by atoms with Gasteiger partial charge in [-0.05, 0) is 12.8 Å². The molecule has 8 heavy (non-hydrogen) atoms. The lowest BCUT2D eigenvalue weighted by molar-refractivity contribution is 0.956. The fourth-order valence-corrected chi connectivity index (χ4v) is 0.609. The van der Waals surface area contributed by atoms with Gasteiger partial charge in [-0.15, -0.1) is 0 Å². The van der Waals surface area contributed by atoms with Crippen LogP contribution in [0.4, 0.5) is 0 Å². The van der Waals surface area contributed by atoms with Crippen molar-refractivity contribution in [2.24, 2.45) is 0 Å². The summed E-state index contributed by atoms with van der Waals surface area (Å²) in [5, 5.41) is 0. The molecule has 1 aromatic rings. The van der Waals surface area contributed by atoms with Crippen LogP contribution in [0.1, 0.15) is 12.1 Å². The predicted octanol–water partition coefficient (Wildman–Crippen LogP) is 1.18. The second-order valence-electron chi connectivity index (χ2n) is 1.66. The van der Waals surface area contributed by atoms with Crippen molar-refractivity contribution in [1.29, 1.82) is 0 Å². The van der Waals surface area contributed by atoms with Gasteiger partial charge in [-0.3, -0.25) is 0 Å². The third kappa shape index (κ3) is 1.09. The summed E-state index contributed by atoms with van der Waals surface area (Å²) in [5.74, 6) is 0. The minimum absolute atomic E-state index is 0.921. The molecule has 0 aliphatic rings. The van der Waals surface area contributed by atoms with Gasteiger partial charge in [0.1, 0.15) is 0 Å². The van der Waals surface area contributed by atoms with Gasteiger partial charge >= 0.3 is 0 Å². The summed E-state index contributed by atoms with van der Waals surface area (Å²) in [4.78, 5) is 6.89. The second-order valence-corrected chi connectivity index (χ2v) is 1.66. The number of aryl methyl sites for hydroxylation is 1. The van der Waals surface area contributed by atoms with Crippen molar-refractivity contribution < 1.29 is 0 Å². The molecular weight excluding hydrogens is 100 g/mol. The summed E-state index contributed by atoms with van der Waals surface area (Å²) in [6, 6.07) is 0. The van der Waals surface area contributed by atoms with E-state index >= 15 is 0 Å². The molecule has 0 aromatic carbocycles. The molecule has 1 aromatic heterocycles. The zero-order chi connectivity index (χ0) is 5.82. The number of nitrogens with zero attached hydrogens (tertiary/aromatic N) is 1. The first-order valence-corrected chi connectivity index (χ1v) is 2.70. The van der Waals surface area contributed by atoms with Gasteiger partial charge in [0.25, 0.3) is 0 Å². The summed E-state index contributed by atoms with van der Waals surface area (Å²) in [7, 11) is 0. The van der Waals surface area contributed by atoms with E-state index in [1.807, 2.05) is 6.20 Å². The van der Waals surface area contributed by atoms with Gasteiger partial charge in [-0.2, -0.15) is 0 Å². The average molecular weight is 109 g/mol. The van der Waals surface area contributed by atoms with Crippen LogP contribution in [0.5, 0.6) is 0 Å². The third-order valence-electron chi connectivity index (χ3n) is 0.988. The number of hydrogen-bond donors (Lipinski definition) is 1. The Labute approximate surface area is 49.0 Å². The first kappa shape index (κ1) is 5.35. The van der Waals surface area contributed by atoms with Gasteiger partial charge in [0.2, 0.25) is 0 Å². The fraction of sp³-hybridized carbons (Fsp3) is 0.333. The van der Waals surface area contributed by atoms with Crippen molar-refractivity contribution in [3.63, 3.8) is 0 Å². The standard InChI is InChI=1S/C6H9N2/c1-2-3-6-4-7-5-8-6/h4-5H,1-3H2,(H,7,8). The lowest BCUT2D eigenvalue weighted by atomic mass is 10.3. The zero-order valence-corrected chi connectivity index (χ0v) is 4.72. The molecule has 0 spiro atoms. The van der Waals surface area contributed by atoms with E-state index in [1.54, 1.807) is 6.33 Å². The molecule has 2 nitrogen and oxygen atoms in total. The van der Waals surface area contributed by atoms with Crippen LogP contribution in [0, 0.1) is 6.92 Å². The molecular formula is C6H9N2. The van der Waals surface area contributed by atoms with E-state index in [1.165, 1.54) is 0 Å². The Morgan fingerprint density at radius 1 is 1.75 bits per heavy atom. The summed E-state index contributed by atoms with van der Waals surface area (Å²) in [6.45, 7) is 3.71. The van der Waals surface area contributed by atoms with Crippen molar-refractivity contribution in [1.82, 2.24) is 9.97 Å².